The van der Waals surface area contributed by atoms with E-state index in [1.807, 2.05) is 0 Å². The predicted octanol–water partition coefficient (Wildman–Crippen LogP) is 8.33. The molecular weight excluding hydrogens is 926 g/mol. The fourth-order valence-corrected chi connectivity index (χ4v) is 2.92. The van der Waals surface area contributed by atoms with Gasteiger partial charge in [-0.05, 0) is 0 Å². The highest BCUT2D eigenvalue weighted by molar-refractivity contribution is 5.11. The maximum atomic E-state index is 13.3. The number of rotatable bonds is 25. The van der Waals surface area contributed by atoms with Gasteiger partial charge < -0.3 is 10.4 Å². The Kier molecular flexibility index (Phi) is 20.3. The molecule has 0 amide bonds. The molecule has 0 aromatic carbocycles. The molecular formula is C23H26F26N2O8. The number of nitrogens with zero attached hydrogens (tertiary/aromatic N) is 2. The number of hydrogen-bond donors (Lipinski definition) is 2. The lowest BCUT2D eigenvalue weighted by Crippen LogP contribution is -2.70. The summed E-state index contributed by atoms with van der Waals surface area (Å²) in [6.07, 6.45) is -14.9. The summed E-state index contributed by atoms with van der Waals surface area (Å²) in [7, 11) is 1.11. The molecule has 10 nitrogen and oxygen atoms in total. The summed E-state index contributed by atoms with van der Waals surface area (Å²) in [4.78, 5) is 22.8. The second kappa shape index (κ2) is 20.3. The zero-order valence-corrected chi connectivity index (χ0v) is 28.4. The maximum Gasteiger partial charge on any atom is 0.460 e. The van der Waals surface area contributed by atoms with Gasteiger partial charge in [-0.25, -0.2) is 29.3 Å². The van der Waals surface area contributed by atoms with Crippen molar-refractivity contribution in [3.8, 4) is 0 Å². The molecule has 2 N–H and O–H groups in total. The molecule has 0 aromatic heterocycles. The Labute approximate surface area is 310 Å². The van der Waals surface area contributed by atoms with Gasteiger partial charge in [0.2, 0.25) is 0 Å². The van der Waals surface area contributed by atoms with Crippen molar-refractivity contribution in [2.75, 3.05) is 66.3 Å². The molecule has 0 spiro atoms. The molecule has 0 aliphatic heterocycles. The third-order valence-electron chi connectivity index (χ3n) is 6.42. The predicted molar refractivity (Wildman–Crippen MR) is 131 cm³/mol. The first-order valence-corrected chi connectivity index (χ1v) is 14.3. The van der Waals surface area contributed by atoms with E-state index in [9.17, 15) is 114 Å². The number of halogens is 26. The first-order valence-electron chi connectivity index (χ1n) is 14.3. The van der Waals surface area contributed by atoms with Gasteiger partial charge in [-0.3, -0.25) is 0 Å². The normalized spacial score (nSPS) is 15.3. The Morgan fingerprint density at radius 3 is 0.864 bits per heavy atom. The molecule has 36 heteroatoms. The summed E-state index contributed by atoms with van der Waals surface area (Å²) >= 11 is 0. The van der Waals surface area contributed by atoms with Gasteiger partial charge in [0, 0.05) is 6.54 Å². The van der Waals surface area contributed by atoms with Crippen LogP contribution in [0.5, 0.6) is 0 Å². The van der Waals surface area contributed by atoms with Crippen molar-refractivity contribution >= 4 is 0 Å². The average molecular weight is 952 g/mol. The minimum atomic E-state index is -7.98. The van der Waals surface area contributed by atoms with Crippen molar-refractivity contribution in [2.24, 2.45) is 0 Å². The van der Waals surface area contributed by atoms with Crippen molar-refractivity contribution in [2.45, 2.75) is 78.5 Å². The van der Waals surface area contributed by atoms with Gasteiger partial charge in [-0.15, -0.1) is 0 Å². The van der Waals surface area contributed by atoms with E-state index in [1.165, 1.54) is 6.92 Å². The van der Waals surface area contributed by atoms with Gasteiger partial charge in [-0.1, -0.05) is 6.92 Å². The van der Waals surface area contributed by atoms with Crippen LogP contribution >= 0.6 is 0 Å². The lowest BCUT2D eigenvalue weighted by atomic mass is 9.94. The van der Waals surface area contributed by atoms with E-state index in [0.717, 1.165) is 7.11 Å². The number of hydroxylamine groups is 4. The molecule has 59 heavy (non-hydrogen) atoms. The molecule has 0 heterocycles. The van der Waals surface area contributed by atoms with Crippen LogP contribution in [0.3, 0.4) is 0 Å². The van der Waals surface area contributed by atoms with Crippen molar-refractivity contribution in [1.29, 1.82) is 0 Å². The molecule has 358 valence electrons. The van der Waals surface area contributed by atoms with Gasteiger partial charge in [0.25, 0.3) is 0 Å². The van der Waals surface area contributed by atoms with Gasteiger partial charge in [0.05, 0.1) is 46.6 Å². The summed E-state index contributed by atoms with van der Waals surface area (Å²) in [6.45, 7) is -7.85. The molecule has 0 saturated heterocycles. The Bertz CT molecular complexity index is 1250. The third-order valence-corrected chi connectivity index (χ3v) is 6.42. The molecule has 0 fully saturated rings. The first-order chi connectivity index (χ1) is 25.9. The van der Waals surface area contributed by atoms with Crippen LogP contribution in [0.1, 0.15) is 6.92 Å². The Morgan fingerprint density at radius 1 is 0.356 bits per heavy atom. The van der Waals surface area contributed by atoms with Crippen molar-refractivity contribution in [3.63, 3.8) is 0 Å². The van der Waals surface area contributed by atoms with Gasteiger partial charge in [0.1, 0.15) is 0 Å². The molecule has 0 rings (SSSR count). The molecule has 0 radical (unpaired) electrons. The topological polar surface area (TPSA) is 102 Å². The van der Waals surface area contributed by atoms with Gasteiger partial charge >= 0.3 is 71.6 Å². The Balaban J connectivity index is 0. The van der Waals surface area contributed by atoms with Crippen LogP contribution in [0.4, 0.5) is 114 Å². The minimum absolute atomic E-state index is 0.0354. The van der Waals surface area contributed by atoms with E-state index in [0.29, 0.717) is 10.1 Å². The van der Waals surface area contributed by atoms with E-state index >= 15 is 0 Å². The summed E-state index contributed by atoms with van der Waals surface area (Å²) in [6, 6.07) is 0. The second-order valence-corrected chi connectivity index (χ2v) is 10.7. The van der Waals surface area contributed by atoms with Gasteiger partial charge in [0.15, 0.2) is 13.2 Å². The smallest absolute Gasteiger partial charge is 0.314 e. The fourth-order valence-electron chi connectivity index (χ4n) is 2.92. The largest absolute Gasteiger partial charge is 0.460 e. The minimum Gasteiger partial charge on any atom is -0.314 e. The van der Waals surface area contributed by atoms with Crippen molar-refractivity contribution in [1.82, 2.24) is 10.1 Å². The zero-order valence-electron chi connectivity index (χ0n) is 28.4. The lowest BCUT2D eigenvalue weighted by Gasteiger charge is -2.39. The van der Waals surface area contributed by atoms with E-state index in [-0.39, 0.29) is 19.7 Å². The monoisotopic (exact) mass is 952 g/mol. The van der Waals surface area contributed by atoms with Crippen LogP contribution in [0, 0.1) is 0 Å². The first kappa shape index (κ1) is 58.9. The number of likely N-dealkylation sites (N-methyl/N-ethyl adjacent to an activating group) is 1. The van der Waals surface area contributed by atoms with E-state index in [4.69, 9.17) is 10.4 Å². The van der Waals surface area contributed by atoms with E-state index in [2.05, 4.69) is 29.3 Å². The average Bonchev–Trinajstić information content (AvgIpc) is 3.06. The second-order valence-electron chi connectivity index (χ2n) is 10.7. The van der Waals surface area contributed by atoms with Crippen LogP contribution in [-0.4, -0.2) is 158 Å². The molecule has 0 aliphatic carbocycles. The van der Waals surface area contributed by atoms with Crippen molar-refractivity contribution < 1.29 is 154 Å². The highest BCUT2D eigenvalue weighted by atomic mass is 19.4. The standard InChI is InChI=1S/C12H14F13NO5.C11H12F13NO3/c1-28-29-4-2-26(27)3-5-30-31-6-7(13,14)8(15,16)9(17,18)10(19,20)11(21,22)12(23,24)25;1-2-25(26)3-4-27-28-5-6(12,13)7(14,15)8(16,17)9(18,19)10(20,21)11(22,23)24/h27H,2-6H2,1H3;26H,2-5H2,1H3. The van der Waals surface area contributed by atoms with E-state index in [1.54, 1.807) is 0 Å². The lowest BCUT2D eigenvalue weighted by molar-refractivity contribution is -0.448. The number of alkyl halides is 26. The zero-order chi connectivity index (χ0) is 47.8. The summed E-state index contributed by atoms with van der Waals surface area (Å²) < 4.78 is 332. The molecule has 0 saturated carbocycles. The van der Waals surface area contributed by atoms with Crippen molar-refractivity contribution in [3.05, 3.63) is 0 Å². The molecule has 0 atom stereocenters. The molecule has 0 aromatic rings. The SMILES string of the molecule is CCN(O)CCOOCC(F)(F)C(F)(F)C(F)(F)C(F)(F)C(F)(F)C(F)(F)F.COOCCN(O)CCOOCC(F)(F)C(F)(F)C(F)(F)C(F)(F)C(F)(F)C(F)(F)F. The highest BCUT2D eigenvalue weighted by Gasteiger charge is 2.92. The number of hydrogen-bond acceptors (Lipinski definition) is 10. The van der Waals surface area contributed by atoms with Crippen LogP contribution < -0.4 is 0 Å². The van der Waals surface area contributed by atoms with E-state index < -0.39 is 111 Å². The maximum absolute atomic E-state index is 13.3. The Morgan fingerprint density at radius 2 is 0.610 bits per heavy atom. The summed E-state index contributed by atoms with van der Waals surface area (Å²) in [5.74, 6) is -74.9. The summed E-state index contributed by atoms with van der Waals surface area (Å²) in [5, 5.41) is 18.9. The van der Waals surface area contributed by atoms with Crippen LogP contribution in [-0.2, 0) is 29.3 Å². The molecule has 0 unspecified atom stereocenters. The highest BCUT2D eigenvalue weighted by Crippen LogP contribution is 2.61. The third kappa shape index (κ3) is 12.7. The van der Waals surface area contributed by atoms with Gasteiger partial charge in [-0.2, -0.15) is 124 Å². The van der Waals surface area contributed by atoms with Crippen LogP contribution in [0.15, 0.2) is 0 Å². The molecule has 0 bridgehead atoms. The molecule has 0 aliphatic rings. The summed E-state index contributed by atoms with van der Waals surface area (Å²) in [5.41, 5.74) is 0. The quantitative estimate of drug-likeness (QED) is 0.0402. The van der Waals surface area contributed by atoms with Crippen LogP contribution in [0.25, 0.3) is 0 Å². The fraction of sp³-hybridized carbons (Fsp3) is 1.00. The van der Waals surface area contributed by atoms with Crippen LogP contribution in [0.2, 0.25) is 0 Å². The Hall–Kier alpha value is -2.22.